The van der Waals surface area contributed by atoms with Crippen LogP contribution in [0.15, 0.2) is 0 Å². The van der Waals surface area contributed by atoms with Crippen molar-refractivity contribution in [3.8, 4) is 0 Å². The van der Waals surface area contributed by atoms with Crippen molar-refractivity contribution in [3.05, 3.63) is 0 Å². The van der Waals surface area contributed by atoms with Crippen molar-refractivity contribution in [1.29, 1.82) is 0 Å². The smallest absolute Gasteiger partial charge is 0.223 e. The summed E-state index contributed by atoms with van der Waals surface area (Å²) < 4.78 is 12.6. The number of halogens is 1. The summed E-state index contributed by atoms with van der Waals surface area (Å²) in [4.78, 5) is 11.8. The molecule has 0 saturated heterocycles. The molecular formula is C12H22FNO. The zero-order valence-corrected chi connectivity index (χ0v) is 9.76. The Bertz CT molecular complexity index is 208. The van der Waals surface area contributed by atoms with Gasteiger partial charge in [0, 0.05) is 12.3 Å². The third kappa shape index (κ3) is 4.18. The van der Waals surface area contributed by atoms with Crippen LogP contribution in [0.1, 0.15) is 52.4 Å². The van der Waals surface area contributed by atoms with E-state index in [0.29, 0.717) is 6.42 Å². The van der Waals surface area contributed by atoms with Crippen molar-refractivity contribution < 1.29 is 9.18 Å². The second kappa shape index (κ2) is 6.09. The van der Waals surface area contributed by atoms with Gasteiger partial charge in [0.1, 0.15) is 6.17 Å². The molecule has 1 amide bonds. The van der Waals surface area contributed by atoms with Gasteiger partial charge in [-0.2, -0.15) is 0 Å². The number of carbonyl (C=O) groups is 1. The lowest BCUT2D eigenvalue weighted by atomic mass is 9.96. The Morgan fingerprint density at radius 3 is 2.53 bits per heavy atom. The zero-order valence-electron chi connectivity index (χ0n) is 9.76. The fourth-order valence-electron chi connectivity index (χ4n) is 1.82. The van der Waals surface area contributed by atoms with E-state index in [0.717, 1.165) is 32.1 Å². The highest BCUT2D eigenvalue weighted by Crippen LogP contribution is 2.26. The lowest BCUT2D eigenvalue weighted by molar-refractivity contribution is -0.125. The SMILES string of the molecule is CCCCC(CCC)C(=O)NC1CC1F. The monoisotopic (exact) mass is 215 g/mol. The predicted molar refractivity (Wildman–Crippen MR) is 59.4 cm³/mol. The van der Waals surface area contributed by atoms with Gasteiger partial charge < -0.3 is 5.32 Å². The molecule has 3 unspecified atom stereocenters. The average molecular weight is 215 g/mol. The first-order valence-corrected chi connectivity index (χ1v) is 6.13. The van der Waals surface area contributed by atoms with Crippen molar-refractivity contribution in [2.75, 3.05) is 0 Å². The molecule has 0 aliphatic heterocycles. The Kier molecular flexibility index (Phi) is 5.06. The average Bonchev–Trinajstić information content (AvgIpc) is 2.88. The van der Waals surface area contributed by atoms with Crippen LogP contribution in [-0.2, 0) is 4.79 Å². The van der Waals surface area contributed by atoms with E-state index in [1.165, 1.54) is 0 Å². The van der Waals surface area contributed by atoms with E-state index < -0.39 is 6.17 Å². The summed E-state index contributed by atoms with van der Waals surface area (Å²) in [6.45, 7) is 4.21. The summed E-state index contributed by atoms with van der Waals surface area (Å²) in [6.07, 6.45) is 4.81. The van der Waals surface area contributed by atoms with Gasteiger partial charge in [0.15, 0.2) is 0 Å². The van der Waals surface area contributed by atoms with Gasteiger partial charge in [-0.05, 0) is 12.8 Å². The molecular weight excluding hydrogens is 193 g/mol. The van der Waals surface area contributed by atoms with Crippen LogP contribution in [0.2, 0.25) is 0 Å². The van der Waals surface area contributed by atoms with Gasteiger partial charge in [0.05, 0.1) is 6.04 Å². The Balaban J connectivity index is 2.29. The van der Waals surface area contributed by atoms with Crippen molar-refractivity contribution in [2.45, 2.75) is 64.6 Å². The number of rotatable bonds is 7. The molecule has 0 aromatic rings. The summed E-state index contributed by atoms with van der Waals surface area (Å²) in [5.74, 6) is 0.165. The van der Waals surface area contributed by atoms with Gasteiger partial charge >= 0.3 is 0 Å². The van der Waals surface area contributed by atoms with E-state index >= 15 is 0 Å². The van der Waals surface area contributed by atoms with Gasteiger partial charge in [-0.25, -0.2) is 4.39 Å². The standard InChI is InChI=1S/C12H22FNO/c1-3-5-7-9(6-4-2)12(15)14-11-8-10(11)13/h9-11H,3-8H2,1-2H3,(H,14,15). The summed E-state index contributed by atoms with van der Waals surface area (Å²) in [5.41, 5.74) is 0. The first kappa shape index (κ1) is 12.5. The number of carbonyl (C=O) groups excluding carboxylic acids is 1. The van der Waals surface area contributed by atoms with Crippen LogP contribution in [-0.4, -0.2) is 18.1 Å². The minimum Gasteiger partial charge on any atom is -0.350 e. The molecule has 15 heavy (non-hydrogen) atoms. The van der Waals surface area contributed by atoms with Gasteiger partial charge in [-0.3, -0.25) is 4.79 Å². The molecule has 0 spiro atoms. The molecule has 1 saturated carbocycles. The Labute approximate surface area is 91.6 Å². The molecule has 1 fully saturated rings. The Morgan fingerprint density at radius 2 is 2.07 bits per heavy atom. The highest BCUT2D eigenvalue weighted by atomic mass is 19.1. The molecule has 0 bridgehead atoms. The molecule has 3 atom stereocenters. The number of hydrogen-bond acceptors (Lipinski definition) is 1. The quantitative estimate of drug-likeness (QED) is 0.695. The zero-order chi connectivity index (χ0) is 11.3. The highest BCUT2D eigenvalue weighted by Gasteiger charge is 2.39. The fraction of sp³-hybridized carbons (Fsp3) is 0.917. The summed E-state index contributed by atoms with van der Waals surface area (Å²) >= 11 is 0. The molecule has 0 heterocycles. The van der Waals surface area contributed by atoms with Crippen LogP contribution in [0.3, 0.4) is 0 Å². The van der Waals surface area contributed by atoms with Crippen LogP contribution in [0.4, 0.5) is 4.39 Å². The fourth-order valence-corrected chi connectivity index (χ4v) is 1.82. The maximum atomic E-state index is 12.6. The third-order valence-corrected chi connectivity index (χ3v) is 2.95. The van der Waals surface area contributed by atoms with Crippen LogP contribution in [0, 0.1) is 5.92 Å². The highest BCUT2D eigenvalue weighted by molar-refractivity contribution is 5.79. The molecule has 88 valence electrons. The minimum atomic E-state index is -0.789. The van der Waals surface area contributed by atoms with Crippen molar-refractivity contribution in [2.24, 2.45) is 5.92 Å². The second-order valence-corrected chi connectivity index (χ2v) is 4.49. The molecule has 1 rings (SSSR count). The van der Waals surface area contributed by atoms with Gasteiger partial charge in [-0.1, -0.05) is 33.1 Å². The molecule has 0 aromatic heterocycles. The van der Waals surface area contributed by atoms with E-state index in [1.807, 2.05) is 0 Å². The number of amides is 1. The largest absolute Gasteiger partial charge is 0.350 e. The van der Waals surface area contributed by atoms with E-state index in [1.54, 1.807) is 0 Å². The summed E-state index contributed by atoms with van der Waals surface area (Å²) in [7, 11) is 0. The van der Waals surface area contributed by atoms with Gasteiger partial charge in [0.25, 0.3) is 0 Å². The molecule has 3 heteroatoms. The van der Waals surface area contributed by atoms with Crippen molar-refractivity contribution >= 4 is 5.91 Å². The maximum Gasteiger partial charge on any atom is 0.223 e. The third-order valence-electron chi connectivity index (χ3n) is 2.95. The van der Waals surface area contributed by atoms with Crippen LogP contribution < -0.4 is 5.32 Å². The maximum absolute atomic E-state index is 12.6. The van der Waals surface area contributed by atoms with Crippen LogP contribution in [0.25, 0.3) is 0 Å². The van der Waals surface area contributed by atoms with E-state index in [9.17, 15) is 9.18 Å². The Morgan fingerprint density at radius 1 is 1.40 bits per heavy atom. The number of hydrogen-bond donors (Lipinski definition) is 1. The first-order valence-electron chi connectivity index (χ1n) is 6.13. The minimum absolute atomic E-state index is 0.0652. The normalized spacial score (nSPS) is 26.1. The number of unbranched alkanes of at least 4 members (excludes halogenated alkanes) is 1. The van der Waals surface area contributed by atoms with Crippen LogP contribution >= 0.6 is 0 Å². The molecule has 0 radical (unpaired) electrons. The molecule has 1 aliphatic carbocycles. The van der Waals surface area contributed by atoms with Crippen LogP contribution in [0.5, 0.6) is 0 Å². The van der Waals surface area contributed by atoms with Gasteiger partial charge in [0.2, 0.25) is 5.91 Å². The summed E-state index contributed by atoms with van der Waals surface area (Å²) in [5, 5.41) is 2.78. The van der Waals surface area contributed by atoms with Crippen molar-refractivity contribution in [1.82, 2.24) is 5.32 Å². The molecule has 2 nitrogen and oxygen atoms in total. The first-order chi connectivity index (χ1) is 7.19. The molecule has 0 aromatic carbocycles. The van der Waals surface area contributed by atoms with Gasteiger partial charge in [-0.15, -0.1) is 0 Å². The number of alkyl halides is 1. The molecule has 1 aliphatic rings. The predicted octanol–water partition coefficient (Wildman–Crippen LogP) is 2.82. The lowest BCUT2D eigenvalue weighted by Crippen LogP contribution is -2.33. The van der Waals surface area contributed by atoms with E-state index in [4.69, 9.17) is 0 Å². The second-order valence-electron chi connectivity index (χ2n) is 4.49. The Hall–Kier alpha value is -0.600. The van der Waals surface area contributed by atoms with Crippen molar-refractivity contribution in [3.63, 3.8) is 0 Å². The molecule has 1 N–H and O–H groups in total. The summed E-state index contributed by atoms with van der Waals surface area (Å²) in [6, 6.07) is -0.182. The topological polar surface area (TPSA) is 29.1 Å². The van der Waals surface area contributed by atoms with E-state index in [2.05, 4.69) is 19.2 Å². The number of nitrogens with one attached hydrogen (secondary N) is 1. The lowest BCUT2D eigenvalue weighted by Gasteiger charge is -2.15. The van der Waals surface area contributed by atoms with E-state index in [-0.39, 0.29) is 17.9 Å².